The van der Waals surface area contributed by atoms with Crippen molar-refractivity contribution >= 4 is 33.7 Å². The molecule has 1 aromatic heterocycles. The van der Waals surface area contributed by atoms with Gasteiger partial charge in [-0.25, -0.2) is 0 Å². The van der Waals surface area contributed by atoms with Gasteiger partial charge in [-0.05, 0) is 35.4 Å². The van der Waals surface area contributed by atoms with Gasteiger partial charge in [-0.1, -0.05) is 84.9 Å². The molecule has 1 heterocycles. The Balaban J connectivity index is 1.33. The summed E-state index contributed by atoms with van der Waals surface area (Å²) in [6, 6.07) is 33.2. The number of carbonyl (C=O) groups is 2. The summed E-state index contributed by atoms with van der Waals surface area (Å²) in [6.07, 6.45) is 0. The Kier molecular flexibility index (Phi) is 6.58. The van der Waals surface area contributed by atoms with Crippen molar-refractivity contribution in [2.24, 2.45) is 0 Å². The molecule has 36 heavy (non-hydrogen) atoms. The first kappa shape index (κ1) is 23.1. The molecule has 0 aliphatic rings. The Morgan fingerprint density at radius 3 is 1.69 bits per heavy atom. The maximum absolute atomic E-state index is 12.9. The van der Waals surface area contributed by atoms with Crippen LogP contribution in [-0.2, 0) is 20.9 Å². The highest BCUT2D eigenvalue weighted by Gasteiger charge is 2.18. The van der Waals surface area contributed by atoms with Crippen LogP contribution >= 0.6 is 0 Å². The van der Waals surface area contributed by atoms with E-state index < -0.39 is 18.5 Å². The predicted molar refractivity (Wildman–Crippen MR) is 140 cm³/mol. The van der Waals surface area contributed by atoms with Gasteiger partial charge in [0.05, 0.1) is 17.1 Å². The number of carbonyl (C=O) groups excluding carboxylic acids is 2. The van der Waals surface area contributed by atoms with Crippen molar-refractivity contribution in [1.82, 2.24) is 9.88 Å². The van der Waals surface area contributed by atoms with Gasteiger partial charge in [0.1, 0.15) is 6.54 Å². The van der Waals surface area contributed by atoms with Gasteiger partial charge in [-0.3, -0.25) is 14.4 Å². The van der Waals surface area contributed by atoms with E-state index in [-0.39, 0.29) is 18.0 Å². The Morgan fingerprint density at radius 1 is 0.694 bits per heavy atom. The maximum Gasteiger partial charge on any atom is 0.326 e. The molecule has 0 saturated carbocycles. The monoisotopic (exact) mass is 476 g/mol. The SMILES string of the molecule is O=C(COC(=O)Cn1c2ccccc2c(=O)c2ccccc21)NC(c1ccccc1)c1ccccc1. The van der Waals surface area contributed by atoms with E-state index >= 15 is 0 Å². The van der Waals surface area contributed by atoms with Gasteiger partial charge in [0.2, 0.25) is 0 Å². The van der Waals surface area contributed by atoms with Crippen LogP contribution in [0.1, 0.15) is 17.2 Å². The number of ether oxygens (including phenoxy) is 1. The molecule has 1 N–H and O–H groups in total. The van der Waals surface area contributed by atoms with Crippen LogP contribution in [0.2, 0.25) is 0 Å². The second-order valence-electron chi connectivity index (χ2n) is 8.43. The zero-order chi connectivity index (χ0) is 24.9. The summed E-state index contributed by atoms with van der Waals surface area (Å²) >= 11 is 0. The molecule has 4 aromatic carbocycles. The van der Waals surface area contributed by atoms with Gasteiger partial charge in [0.25, 0.3) is 5.91 Å². The number of nitrogens with one attached hydrogen (secondary N) is 1. The largest absolute Gasteiger partial charge is 0.454 e. The first-order valence-electron chi connectivity index (χ1n) is 11.7. The van der Waals surface area contributed by atoms with Crippen LogP contribution in [0.5, 0.6) is 0 Å². The standard InChI is InChI=1S/C30H24N2O4/c33-27(31-29(21-11-3-1-4-12-21)22-13-5-2-6-14-22)20-36-28(34)19-32-25-17-9-7-15-23(25)30(35)24-16-8-10-18-26(24)32/h1-18,29H,19-20H2,(H,31,33). The van der Waals surface area contributed by atoms with Crippen LogP contribution in [0.15, 0.2) is 114 Å². The summed E-state index contributed by atoms with van der Waals surface area (Å²) in [4.78, 5) is 38.5. The number of para-hydroxylation sites is 2. The molecule has 0 radical (unpaired) electrons. The molecule has 6 nitrogen and oxygen atoms in total. The summed E-state index contributed by atoms with van der Waals surface area (Å²) in [5, 5.41) is 4.02. The van der Waals surface area contributed by atoms with Crippen LogP contribution in [0.3, 0.4) is 0 Å². The summed E-state index contributed by atoms with van der Waals surface area (Å²) in [5.74, 6) is -0.976. The Hall–Kier alpha value is -4.71. The molecule has 0 bridgehead atoms. The molecule has 1 amide bonds. The third kappa shape index (κ3) is 4.74. The van der Waals surface area contributed by atoms with E-state index in [0.29, 0.717) is 21.8 Å². The van der Waals surface area contributed by atoms with Gasteiger partial charge < -0.3 is 14.6 Å². The van der Waals surface area contributed by atoms with E-state index in [9.17, 15) is 14.4 Å². The number of rotatable bonds is 7. The quantitative estimate of drug-likeness (QED) is 0.275. The molecule has 0 atom stereocenters. The minimum absolute atomic E-state index is 0.0851. The minimum atomic E-state index is -0.569. The highest BCUT2D eigenvalue weighted by atomic mass is 16.5. The highest BCUT2D eigenvalue weighted by molar-refractivity contribution is 5.94. The lowest BCUT2D eigenvalue weighted by molar-refractivity contribution is -0.149. The molecule has 0 unspecified atom stereocenters. The van der Waals surface area contributed by atoms with Crippen molar-refractivity contribution < 1.29 is 14.3 Å². The number of aromatic nitrogens is 1. The van der Waals surface area contributed by atoms with Crippen LogP contribution < -0.4 is 10.7 Å². The molecule has 178 valence electrons. The number of nitrogens with zero attached hydrogens (tertiary/aromatic N) is 1. The van der Waals surface area contributed by atoms with Gasteiger partial charge in [0.15, 0.2) is 12.0 Å². The molecule has 5 aromatic rings. The molecule has 0 spiro atoms. The molecule has 0 fully saturated rings. The third-order valence-corrected chi connectivity index (χ3v) is 6.10. The van der Waals surface area contributed by atoms with Crippen molar-refractivity contribution in [2.45, 2.75) is 12.6 Å². The number of esters is 1. The van der Waals surface area contributed by atoms with Crippen molar-refractivity contribution in [1.29, 1.82) is 0 Å². The third-order valence-electron chi connectivity index (χ3n) is 6.10. The Bertz CT molecular complexity index is 1490. The van der Waals surface area contributed by atoms with Crippen LogP contribution in [0.4, 0.5) is 0 Å². The number of hydrogen-bond acceptors (Lipinski definition) is 4. The number of pyridine rings is 1. The van der Waals surface area contributed by atoms with E-state index in [4.69, 9.17) is 4.74 Å². The molecular weight excluding hydrogens is 452 g/mol. The average molecular weight is 477 g/mol. The van der Waals surface area contributed by atoms with E-state index in [1.807, 2.05) is 72.8 Å². The lowest BCUT2D eigenvalue weighted by Crippen LogP contribution is -2.33. The van der Waals surface area contributed by atoms with Gasteiger partial charge in [-0.15, -0.1) is 0 Å². The summed E-state index contributed by atoms with van der Waals surface area (Å²) in [6.45, 7) is -0.541. The fourth-order valence-electron chi connectivity index (χ4n) is 4.42. The number of amides is 1. The van der Waals surface area contributed by atoms with Gasteiger partial charge in [-0.2, -0.15) is 0 Å². The normalized spacial score (nSPS) is 11.0. The molecule has 5 rings (SSSR count). The Labute approximate surface area is 207 Å². The smallest absolute Gasteiger partial charge is 0.326 e. The zero-order valence-electron chi connectivity index (χ0n) is 19.5. The van der Waals surface area contributed by atoms with Crippen molar-refractivity contribution in [3.05, 3.63) is 131 Å². The lowest BCUT2D eigenvalue weighted by Gasteiger charge is -2.20. The maximum atomic E-state index is 12.9. The van der Waals surface area contributed by atoms with Gasteiger partial charge >= 0.3 is 5.97 Å². The number of benzene rings is 4. The molecule has 0 saturated heterocycles. The first-order valence-corrected chi connectivity index (χ1v) is 11.7. The van der Waals surface area contributed by atoms with E-state index in [1.165, 1.54) is 0 Å². The van der Waals surface area contributed by atoms with Crippen molar-refractivity contribution in [2.75, 3.05) is 6.61 Å². The first-order chi connectivity index (χ1) is 17.6. The summed E-state index contributed by atoms with van der Waals surface area (Å²) in [5.41, 5.74) is 3.04. The average Bonchev–Trinajstić information content (AvgIpc) is 2.94. The predicted octanol–water partition coefficient (Wildman–Crippen LogP) is 4.60. The minimum Gasteiger partial charge on any atom is -0.454 e. The fourth-order valence-corrected chi connectivity index (χ4v) is 4.42. The summed E-state index contributed by atoms with van der Waals surface area (Å²) in [7, 11) is 0. The molecule has 0 aliphatic carbocycles. The Morgan fingerprint density at radius 2 is 1.17 bits per heavy atom. The number of fused-ring (bicyclic) bond motifs is 2. The van der Waals surface area contributed by atoms with Crippen LogP contribution in [-0.4, -0.2) is 23.1 Å². The van der Waals surface area contributed by atoms with Gasteiger partial charge in [0, 0.05) is 10.8 Å². The fraction of sp³-hybridized carbons (Fsp3) is 0.100. The highest BCUT2D eigenvalue weighted by Crippen LogP contribution is 2.22. The second-order valence-corrected chi connectivity index (χ2v) is 8.43. The zero-order valence-corrected chi connectivity index (χ0v) is 19.5. The van der Waals surface area contributed by atoms with Crippen molar-refractivity contribution in [3.8, 4) is 0 Å². The van der Waals surface area contributed by atoms with E-state index in [1.54, 1.807) is 41.0 Å². The van der Waals surface area contributed by atoms with E-state index in [2.05, 4.69) is 5.32 Å². The van der Waals surface area contributed by atoms with Crippen LogP contribution in [0, 0.1) is 0 Å². The topological polar surface area (TPSA) is 77.4 Å². The van der Waals surface area contributed by atoms with Crippen molar-refractivity contribution in [3.63, 3.8) is 0 Å². The molecule has 6 heteroatoms. The molecular formula is C30H24N2O4. The molecule has 0 aliphatic heterocycles. The second kappa shape index (κ2) is 10.3. The summed E-state index contributed by atoms with van der Waals surface area (Å²) < 4.78 is 7.11. The number of hydrogen-bond donors (Lipinski definition) is 1. The van der Waals surface area contributed by atoms with Crippen LogP contribution in [0.25, 0.3) is 21.8 Å². The lowest BCUT2D eigenvalue weighted by atomic mass is 9.99. The van der Waals surface area contributed by atoms with E-state index in [0.717, 1.165) is 11.1 Å².